The van der Waals surface area contributed by atoms with E-state index in [0.29, 0.717) is 25.8 Å². The maximum atomic E-state index is 11.9. The molecule has 13 nitrogen and oxygen atoms in total. The van der Waals surface area contributed by atoms with E-state index in [4.69, 9.17) is 33.2 Å². The molecule has 222 valence electrons. The third kappa shape index (κ3) is 12.0. The van der Waals surface area contributed by atoms with E-state index in [1.165, 1.54) is 6.92 Å². The molecule has 1 aromatic rings. The molecule has 0 saturated carbocycles. The first kappa shape index (κ1) is 32.5. The van der Waals surface area contributed by atoms with Crippen molar-refractivity contribution < 1.29 is 57.1 Å². The van der Waals surface area contributed by atoms with Gasteiger partial charge >= 0.3 is 30.0 Å². The van der Waals surface area contributed by atoms with Crippen LogP contribution >= 0.6 is 0 Å². The van der Waals surface area contributed by atoms with Crippen molar-refractivity contribution in [1.82, 2.24) is 5.32 Å². The number of benzene rings is 1. The van der Waals surface area contributed by atoms with Gasteiger partial charge in [-0.05, 0) is 24.8 Å². The van der Waals surface area contributed by atoms with Crippen LogP contribution in [0, 0.1) is 0 Å². The number of esters is 4. The van der Waals surface area contributed by atoms with Crippen molar-refractivity contribution >= 4 is 30.0 Å². The van der Waals surface area contributed by atoms with Gasteiger partial charge in [0.2, 0.25) is 0 Å². The standard InChI is InChI=1S/C27H37NO12/c1-17(29)35-16-22-23(37-18(2)30)24(38-19(3)31)25(39-20(4)32)26(40-22)34-14-10-6-9-13-28-27(33)36-15-21-11-7-5-8-12-21/h5,7-8,11-12,22-26H,6,9-10,13-16H2,1-4H3,(H,28,33)/t22-,23-,24+,25+,26+/m1/s1. The van der Waals surface area contributed by atoms with Gasteiger partial charge in [0.05, 0.1) is 0 Å². The van der Waals surface area contributed by atoms with Crippen LogP contribution in [0.3, 0.4) is 0 Å². The first-order valence-electron chi connectivity index (χ1n) is 12.9. The number of hydrogen-bond donors (Lipinski definition) is 1. The molecular weight excluding hydrogens is 530 g/mol. The van der Waals surface area contributed by atoms with Crippen molar-refractivity contribution in [2.75, 3.05) is 19.8 Å². The molecule has 0 bridgehead atoms. The molecule has 1 heterocycles. The zero-order valence-corrected chi connectivity index (χ0v) is 23.1. The number of nitrogens with one attached hydrogen (secondary N) is 1. The lowest BCUT2D eigenvalue weighted by Crippen LogP contribution is -2.63. The van der Waals surface area contributed by atoms with Crippen LogP contribution in [0.2, 0.25) is 0 Å². The summed E-state index contributed by atoms with van der Waals surface area (Å²) in [5.41, 5.74) is 0.886. The molecule has 0 aliphatic carbocycles. The molecule has 1 fully saturated rings. The predicted molar refractivity (Wildman–Crippen MR) is 136 cm³/mol. The summed E-state index contributed by atoms with van der Waals surface area (Å²) >= 11 is 0. The van der Waals surface area contributed by atoms with Crippen molar-refractivity contribution in [3.63, 3.8) is 0 Å². The molecule has 1 saturated heterocycles. The fourth-order valence-electron chi connectivity index (χ4n) is 3.89. The number of alkyl carbamates (subject to hydrolysis) is 1. The number of hydrogen-bond acceptors (Lipinski definition) is 12. The van der Waals surface area contributed by atoms with Crippen molar-refractivity contribution in [3.05, 3.63) is 35.9 Å². The predicted octanol–water partition coefficient (Wildman–Crippen LogP) is 2.18. The van der Waals surface area contributed by atoms with Crippen LogP contribution in [0.1, 0.15) is 52.5 Å². The van der Waals surface area contributed by atoms with Gasteiger partial charge in [0.25, 0.3) is 0 Å². The first-order valence-corrected chi connectivity index (χ1v) is 12.9. The van der Waals surface area contributed by atoms with Crippen molar-refractivity contribution in [2.45, 2.75) is 84.3 Å². The molecule has 40 heavy (non-hydrogen) atoms. The summed E-state index contributed by atoms with van der Waals surface area (Å²) in [6.45, 7) is 5.05. The highest BCUT2D eigenvalue weighted by Gasteiger charge is 2.52. The summed E-state index contributed by atoms with van der Waals surface area (Å²) in [6.07, 6.45) is -4.72. The second kappa shape index (κ2) is 17.1. The summed E-state index contributed by atoms with van der Waals surface area (Å²) in [6, 6.07) is 9.32. The molecule has 5 atom stereocenters. The highest BCUT2D eigenvalue weighted by Crippen LogP contribution is 2.30. The summed E-state index contributed by atoms with van der Waals surface area (Å²) in [5.74, 6) is -2.74. The van der Waals surface area contributed by atoms with Crippen molar-refractivity contribution in [3.8, 4) is 0 Å². The van der Waals surface area contributed by atoms with E-state index in [1.807, 2.05) is 30.3 Å². The van der Waals surface area contributed by atoms with Gasteiger partial charge in [-0.2, -0.15) is 0 Å². The summed E-state index contributed by atoms with van der Waals surface area (Å²) in [5, 5.41) is 2.68. The average molecular weight is 568 g/mol. The van der Waals surface area contributed by atoms with Gasteiger partial charge < -0.3 is 38.5 Å². The Balaban J connectivity index is 1.91. The fourth-order valence-corrected chi connectivity index (χ4v) is 3.89. The summed E-state index contributed by atoms with van der Waals surface area (Å²) < 4.78 is 38.0. The molecule has 1 aliphatic rings. The van der Waals surface area contributed by atoms with E-state index in [1.54, 1.807) is 0 Å². The van der Waals surface area contributed by atoms with E-state index in [2.05, 4.69) is 5.32 Å². The number of amides is 1. The van der Waals surface area contributed by atoms with E-state index in [9.17, 15) is 24.0 Å². The molecule has 0 spiro atoms. The van der Waals surface area contributed by atoms with Gasteiger partial charge in [-0.25, -0.2) is 4.79 Å². The SMILES string of the molecule is CC(=O)OC[C@H]1O[C@H](OCCCCCNC(=O)OCc2ccccc2)[C@@H](OC(C)=O)[C@@H](OC(C)=O)[C@@H]1OC(C)=O. The molecule has 1 aromatic carbocycles. The Bertz CT molecular complexity index is 985. The molecule has 1 amide bonds. The quantitative estimate of drug-likeness (QED) is 0.198. The minimum atomic E-state index is -1.28. The van der Waals surface area contributed by atoms with E-state index < -0.39 is 60.7 Å². The Morgan fingerprint density at radius 2 is 1.38 bits per heavy atom. The van der Waals surface area contributed by atoms with E-state index >= 15 is 0 Å². The van der Waals surface area contributed by atoms with Gasteiger partial charge in [0, 0.05) is 40.8 Å². The number of carbonyl (C=O) groups is 5. The Hall–Kier alpha value is -3.71. The smallest absolute Gasteiger partial charge is 0.407 e. The third-order valence-electron chi connectivity index (χ3n) is 5.53. The molecule has 1 N–H and O–H groups in total. The summed E-state index contributed by atoms with van der Waals surface area (Å²) in [4.78, 5) is 58.7. The number of carbonyl (C=O) groups excluding carboxylic acids is 5. The molecule has 13 heteroatoms. The molecule has 2 rings (SSSR count). The van der Waals surface area contributed by atoms with Crippen LogP contribution in [0.15, 0.2) is 30.3 Å². The third-order valence-corrected chi connectivity index (χ3v) is 5.53. The Morgan fingerprint density at radius 3 is 2.00 bits per heavy atom. The van der Waals surface area contributed by atoms with Gasteiger partial charge in [-0.1, -0.05) is 30.3 Å². The van der Waals surface area contributed by atoms with Gasteiger partial charge in [0.15, 0.2) is 24.6 Å². The van der Waals surface area contributed by atoms with Crippen LogP contribution < -0.4 is 5.32 Å². The zero-order chi connectivity index (χ0) is 29.5. The molecule has 0 radical (unpaired) electrons. The Kier molecular flexibility index (Phi) is 13.9. The molecule has 0 aromatic heterocycles. The van der Waals surface area contributed by atoms with E-state index in [0.717, 1.165) is 26.3 Å². The second-order valence-corrected chi connectivity index (χ2v) is 8.99. The van der Waals surface area contributed by atoms with Crippen molar-refractivity contribution in [2.24, 2.45) is 0 Å². The monoisotopic (exact) mass is 567 g/mol. The van der Waals surface area contributed by atoms with Crippen LogP contribution in [-0.4, -0.2) is 80.4 Å². The number of rotatable bonds is 14. The maximum Gasteiger partial charge on any atom is 0.407 e. The average Bonchev–Trinajstić information content (AvgIpc) is 2.88. The molecular formula is C27H37NO12. The first-order chi connectivity index (χ1) is 19.1. The Labute approximate surface area is 232 Å². The lowest BCUT2D eigenvalue weighted by Gasteiger charge is -2.44. The lowest BCUT2D eigenvalue weighted by atomic mass is 9.98. The highest BCUT2D eigenvalue weighted by molar-refractivity contribution is 5.69. The molecule has 0 unspecified atom stereocenters. The van der Waals surface area contributed by atoms with Crippen LogP contribution in [0.4, 0.5) is 4.79 Å². The van der Waals surface area contributed by atoms with Crippen LogP contribution in [0.5, 0.6) is 0 Å². The summed E-state index contributed by atoms with van der Waals surface area (Å²) in [7, 11) is 0. The second-order valence-electron chi connectivity index (χ2n) is 8.99. The number of unbranched alkanes of at least 4 members (excludes halogenated alkanes) is 2. The van der Waals surface area contributed by atoms with Gasteiger partial charge in [-0.15, -0.1) is 0 Å². The lowest BCUT2D eigenvalue weighted by molar-refractivity contribution is -0.308. The van der Waals surface area contributed by atoms with Gasteiger partial charge in [0.1, 0.15) is 19.3 Å². The Morgan fingerprint density at radius 1 is 0.750 bits per heavy atom. The normalized spacial score (nSPS) is 21.9. The maximum absolute atomic E-state index is 11.9. The molecule has 1 aliphatic heterocycles. The number of ether oxygens (including phenoxy) is 7. The van der Waals surface area contributed by atoms with Crippen molar-refractivity contribution in [1.29, 1.82) is 0 Å². The van der Waals surface area contributed by atoms with Crippen LogP contribution in [0.25, 0.3) is 0 Å². The minimum Gasteiger partial charge on any atom is -0.463 e. The highest BCUT2D eigenvalue weighted by atomic mass is 16.7. The topological polar surface area (TPSA) is 162 Å². The zero-order valence-electron chi connectivity index (χ0n) is 23.1. The van der Waals surface area contributed by atoms with E-state index in [-0.39, 0.29) is 19.8 Å². The fraction of sp³-hybridized carbons (Fsp3) is 0.593. The minimum absolute atomic E-state index is 0.159. The van der Waals surface area contributed by atoms with Gasteiger partial charge in [-0.3, -0.25) is 19.2 Å². The van der Waals surface area contributed by atoms with Crippen LogP contribution in [-0.2, 0) is 58.9 Å². The largest absolute Gasteiger partial charge is 0.463 e.